The van der Waals surface area contributed by atoms with Gasteiger partial charge in [-0.2, -0.15) is 10.5 Å². The van der Waals surface area contributed by atoms with Gasteiger partial charge in [-0.1, -0.05) is 6.07 Å². The van der Waals surface area contributed by atoms with Gasteiger partial charge in [0.25, 0.3) is 0 Å². The molecule has 2 aromatic rings. The molecule has 0 bridgehead atoms. The second kappa shape index (κ2) is 8.84. The molecule has 1 aromatic carbocycles. The molecule has 132 valence electrons. The molecule has 0 saturated carbocycles. The van der Waals surface area contributed by atoms with Gasteiger partial charge < -0.3 is 10.1 Å². The first-order valence-electron chi connectivity index (χ1n) is 8.73. The van der Waals surface area contributed by atoms with Crippen molar-refractivity contribution < 1.29 is 4.74 Å². The number of anilines is 1. The molecular formula is C20H21N5O. The van der Waals surface area contributed by atoms with Gasteiger partial charge in [-0.25, -0.2) is 4.98 Å². The summed E-state index contributed by atoms with van der Waals surface area (Å²) in [7, 11) is 0. The summed E-state index contributed by atoms with van der Waals surface area (Å²) in [6.07, 6.45) is 2.81. The fourth-order valence-electron chi connectivity index (χ4n) is 3.11. The van der Waals surface area contributed by atoms with Crippen LogP contribution in [0.15, 0.2) is 42.6 Å². The molecule has 1 unspecified atom stereocenters. The van der Waals surface area contributed by atoms with Gasteiger partial charge in [0.05, 0.1) is 17.2 Å². The summed E-state index contributed by atoms with van der Waals surface area (Å²) in [5.41, 5.74) is 1.19. The maximum absolute atomic E-state index is 9.11. The van der Waals surface area contributed by atoms with E-state index in [1.165, 1.54) is 0 Å². The smallest absolute Gasteiger partial charge is 0.143 e. The van der Waals surface area contributed by atoms with Gasteiger partial charge >= 0.3 is 0 Å². The number of hydrogen-bond acceptors (Lipinski definition) is 6. The number of hydrogen-bond donors (Lipinski definition) is 1. The molecule has 0 amide bonds. The van der Waals surface area contributed by atoms with Crippen LogP contribution >= 0.6 is 0 Å². The lowest BCUT2D eigenvalue weighted by Crippen LogP contribution is -2.27. The van der Waals surface area contributed by atoms with E-state index in [-0.39, 0.29) is 0 Å². The molecule has 0 spiro atoms. The van der Waals surface area contributed by atoms with Crippen molar-refractivity contribution >= 4 is 5.82 Å². The minimum absolute atomic E-state index is 0.533. The predicted molar refractivity (Wildman–Crippen MR) is 98.6 cm³/mol. The van der Waals surface area contributed by atoms with Crippen LogP contribution in [0.4, 0.5) is 5.82 Å². The molecule has 6 heteroatoms. The molecule has 3 rings (SSSR count). The van der Waals surface area contributed by atoms with Crippen LogP contribution in [0.2, 0.25) is 0 Å². The fraction of sp³-hybridized carbons (Fsp3) is 0.350. The fourth-order valence-corrected chi connectivity index (χ4v) is 3.11. The lowest BCUT2D eigenvalue weighted by atomic mass is 10.1. The Labute approximate surface area is 153 Å². The largest absolute Gasteiger partial charge is 0.492 e. The number of nitrogens with zero attached hydrogens (tertiary/aromatic N) is 4. The van der Waals surface area contributed by atoms with Gasteiger partial charge in [0.15, 0.2) is 0 Å². The highest BCUT2D eigenvalue weighted by Crippen LogP contribution is 2.18. The first-order valence-corrected chi connectivity index (χ1v) is 8.73. The van der Waals surface area contributed by atoms with Crippen LogP contribution in [0.25, 0.3) is 0 Å². The average Bonchev–Trinajstić information content (AvgIpc) is 3.14. The van der Waals surface area contributed by atoms with Gasteiger partial charge in [0.2, 0.25) is 0 Å². The standard InChI is InChI=1S/C20H21N5O/c21-12-16-3-1-5-19(11-16)26-10-9-25-8-6-17(15-25)14-24-20-18(13-22)4-2-7-23-20/h1-5,7,11,17H,6,8-10,14-15H2,(H,23,24). The predicted octanol–water partition coefficient (Wildman–Crippen LogP) is 2.64. The van der Waals surface area contributed by atoms with Crippen molar-refractivity contribution in [2.45, 2.75) is 6.42 Å². The molecule has 6 nitrogen and oxygen atoms in total. The summed E-state index contributed by atoms with van der Waals surface area (Å²) in [6.45, 7) is 4.33. The van der Waals surface area contributed by atoms with Crippen molar-refractivity contribution in [2.24, 2.45) is 5.92 Å². The molecule has 0 radical (unpaired) electrons. The number of rotatable bonds is 7. The third-order valence-corrected chi connectivity index (χ3v) is 4.50. The minimum Gasteiger partial charge on any atom is -0.492 e. The maximum Gasteiger partial charge on any atom is 0.143 e. The molecule has 1 aromatic heterocycles. The zero-order valence-corrected chi connectivity index (χ0v) is 14.6. The van der Waals surface area contributed by atoms with E-state index < -0.39 is 0 Å². The highest BCUT2D eigenvalue weighted by atomic mass is 16.5. The molecule has 1 aliphatic heterocycles. The molecule has 1 fully saturated rings. The Morgan fingerprint density at radius 1 is 1.23 bits per heavy atom. The van der Waals surface area contributed by atoms with Gasteiger partial charge in [0.1, 0.15) is 24.2 Å². The zero-order valence-electron chi connectivity index (χ0n) is 14.6. The quantitative estimate of drug-likeness (QED) is 0.829. The van der Waals surface area contributed by atoms with E-state index >= 15 is 0 Å². The number of nitrogens with one attached hydrogen (secondary N) is 1. The molecule has 1 N–H and O–H groups in total. The van der Waals surface area contributed by atoms with Gasteiger partial charge in [-0.15, -0.1) is 0 Å². The van der Waals surface area contributed by atoms with Crippen LogP contribution in [0.5, 0.6) is 5.75 Å². The topological polar surface area (TPSA) is 85.0 Å². The molecular weight excluding hydrogens is 326 g/mol. The molecule has 1 atom stereocenters. The molecule has 2 heterocycles. The summed E-state index contributed by atoms with van der Waals surface area (Å²) in [4.78, 5) is 6.62. The van der Waals surface area contributed by atoms with Crippen LogP contribution in [-0.2, 0) is 0 Å². The highest BCUT2D eigenvalue weighted by molar-refractivity contribution is 5.51. The van der Waals surface area contributed by atoms with E-state index in [4.69, 9.17) is 15.3 Å². The Morgan fingerprint density at radius 3 is 3.00 bits per heavy atom. The lowest BCUT2D eigenvalue weighted by molar-refractivity contribution is 0.233. The third-order valence-electron chi connectivity index (χ3n) is 4.50. The van der Waals surface area contributed by atoms with E-state index in [0.29, 0.717) is 29.5 Å². The van der Waals surface area contributed by atoms with Crippen molar-refractivity contribution in [3.8, 4) is 17.9 Å². The van der Waals surface area contributed by atoms with Crippen molar-refractivity contribution in [3.63, 3.8) is 0 Å². The summed E-state index contributed by atoms with van der Waals surface area (Å²) in [6, 6.07) is 15.1. The summed E-state index contributed by atoms with van der Waals surface area (Å²) in [5.74, 6) is 1.93. The number of likely N-dealkylation sites (tertiary alicyclic amines) is 1. The van der Waals surface area contributed by atoms with Crippen molar-refractivity contribution in [2.75, 3.05) is 38.1 Å². The second-order valence-electron chi connectivity index (χ2n) is 6.34. The Kier molecular flexibility index (Phi) is 6.03. The average molecular weight is 347 g/mol. The van der Waals surface area contributed by atoms with Crippen LogP contribution in [0, 0.1) is 28.6 Å². The van der Waals surface area contributed by atoms with Gasteiger partial charge in [-0.05, 0) is 49.2 Å². The van der Waals surface area contributed by atoms with E-state index in [1.54, 1.807) is 30.5 Å². The maximum atomic E-state index is 9.11. The Bertz CT molecular complexity index is 823. The second-order valence-corrected chi connectivity index (χ2v) is 6.34. The third kappa shape index (κ3) is 4.72. The summed E-state index contributed by atoms with van der Waals surface area (Å²) >= 11 is 0. The molecule has 0 aliphatic carbocycles. The van der Waals surface area contributed by atoms with Crippen LogP contribution < -0.4 is 10.1 Å². The van der Waals surface area contributed by atoms with Crippen molar-refractivity contribution in [1.82, 2.24) is 9.88 Å². The van der Waals surface area contributed by atoms with Crippen LogP contribution in [0.1, 0.15) is 17.5 Å². The van der Waals surface area contributed by atoms with E-state index in [0.717, 1.165) is 38.3 Å². The number of ether oxygens (including phenoxy) is 1. The molecule has 1 saturated heterocycles. The Morgan fingerprint density at radius 2 is 2.15 bits per heavy atom. The van der Waals surface area contributed by atoms with Crippen LogP contribution in [-0.4, -0.2) is 42.7 Å². The SMILES string of the molecule is N#Cc1cccc(OCCN2CCC(CNc3ncccc3C#N)C2)c1. The number of pyridine rings is 1. The van der Waals surface area contributed by atoms with E-state index in [1.807, 2.05) is 12.1 Å². The Hall–Kier alpha value is -3.09. The number of benzene rings is 1. The summed E-state index contributed by atoms with van der Waals surface area (Å²) in [5, 5.41) is 21.3. The van der Waals surface area contributed by atoms with Crippen molar-refractivity contribution in [3.05, 3.63) is 53.7 Å². The monoisotopic (exact) mass is 347 g/mol. The van der Waals surface area contributed by atoms with Gasteiger partial charge in [0, 0.05) is 25.8 Å². The van der Waals surface area contributed by atoms with Crippen LogP contribution in [0.3, 0.4) is 0 Å². The zero-order chi connectivity index (χ0) is 18.2. The lowest BCUT2D eigenvalue weighted by Gasteiger charge is -2.17. The first kappa shape index (κ1) is 17.7. The van der Waals surface area contributed by atoms with E-state index in [2.05, 4.69) is 27.3 Å². The number of nitriles is 2. The summed E-state index contributed by atoms with van der Waals surface area (Å²) < 4.78 is 5.75. The number of aromatic nitrogens is 1. The highest BCUT2D eigenvalue weighted by Gasteiger charge is 2.22. The Balaban J connectivity index is 1.40. The van der Waals surface area contributed by atoms with Gasteiger partial charge in [-0.3, -0.25) is 4.90 Å². The van der Waals surface area contributed by atoms with Crippen molar-refractivity contribution in [1.29, 1.82) is 10.5 Å². The van der Waals surface area contributed by atoms with E-state index in [9.17, 15) is 0 Å². The normalized spacial score (nSPS) is 16.6. The first-order chi connectivity index (χ1) is 12.8. The molecule has 1 aliphatic rings. The molecule has 26 heavy (non-hydrogen) atoms. The minimum atomic E-state index is 0.533.